The minimum atomic E-state index is -0.184. The molecule has 0 aliphatic carbocycles. The first-order valence-electron chi connectivity index (χ1n) is 4.44. The number of carbonyl (C=O) groups excluding carboxylic acids is 1. The van der Waals surface area contributed by atoms with Gasteiger partial charge in [0.25, 0.3) is 0 Å². The minimum Gasteiger partial charge on any atom is -0.464 e. The molecule has 1 atom stereocenters. The molecule has 1 aromatic carbocycles. The fraction of sp³-hybridized carbons (Fsp3) is 0.300. The number of halogens is 1. The average Bonchev–Trinajstić information content (AvgIpc) is 2.56. The Labute approximate surface area is 90.6 Å². The summed E-state index contributed by atoms with van der Waals surface area (Å²) in [5.41, 5.74) is 0.942. The molecule has 1 saturated heterocycles. The summed E-state index contributed by atoms with van der Waals surface area (Å²) >= 11 is 3.35. The number of esters is 1. The van der Waals surface area contributed by atoms with Crippen molar-refractivity contribution in [3.63, 3.8) is 0 Å². The number of anilines is 1. The van der Waals surface area contributed by atoms with Crippen molar-refractivity contribution in [3.05, 3.63) is 28.7 Å². The average molecular weight is 256 g/mol. The SMILES string of the molecule is O=C1OCC[C@@H]1Nc1ccc(Br)cc1. The topological polar surface area (TPSA) is 38.3 Å². The Hall–Kier alpha value is -1.03. The van der Waals surface area contributed by atoms with Crippen LogP contribution in [0.2, 0.25) is 0 Å². The standard InChI is InChI=1S/C10H10BrNO2/c11-7-1-3-8(4-2-7)12-9-5-6-14-10(9)13/h1-4,9,12H,5-6H2/t9-/m0/s1. The summed E-state index contributed by atoms with van der Waals surface area (Å²) in [6.45, 7) is 0.521. The van der Waals surface area contributed by atoms with Crippen LogP contribution in [0.4, 0.5) is 5.69 Å². The molecule has 14 heavy (non-hydrogen) atoms. The van der Waals surface area contributed by atoms with Crippen LogP contribution in [-0.4, -0.2) is 18.6 Å². The zero-order valence-corrected chi connectivity index (χ0v) is 9.08. The maximum atomic E-state index is 11.2. The largest absolute Gasteiger partial charge is 0.464 e. The van der Waals surface area contributed by atoms with E-state index in [9.17, 15) is 4.79 Å². The lowest BCUT2D eigenvalue weighted by Crippen LogP contribution is -2.24. The molecule has 1 heterocycles. The number of nitrogens with one attached hydrogen (secondary N) is 1. The number of benzene rings is 1. The molecule has 0 bridgehead atoms. The van der Waals surface area contributed by atoms with Crippen LogP contribution < -0.4 is 5.32 Å². The predicted octanol–water partition coefficient (Wildman–Crippen LogP) is 2.18. The van der Waals surface area contributed by atoms with Crippen molar-refractivity contribution in [3.8, 4) is 0 Å². The van der Waals surface area contributed by atoms with Crippen molar-refractivity contribution in [2.75, 3.05) is 11.9 Å². The highest BCUT2D eigenvalue weighted by Gasteiger charge is 2.25. The molecule has 0 aromatic heterocycles. The minimum absolute atomic E-state index is 0.159. The highest BCUT2D eigenvalue weighted by Crippen LogP contribution is 2.17. The van der Waals surface area contributed by atoms with Crippen LogP contribution in [0.3, 0.4) is 0 Å². The molecule has 0 unspecified atom stereocenters. The molecule has 1 fully saturated rings. The van der Waals surface area contributed by atoms with Crippen LogP contribution in [0.1, 0.15) is 6.42 Å². The molecule has 74 valence electrons. The lowest BCUT2D eigenvalue weighted by atomic mass is 10.2. The highest BCUT2D eigenvalue weighted by atomic mass is 79.9. The van der Waals surface area contributed by atoms with Crippen molar-refractivity contribution >= 4 is 27.6 Å². The highest BCUT2D eigenvalue weighted by molar-refractivity contribution is 9.10. The number of hydrogen-bond acceptors (Lipinski definition) is 3. The molecule has 0 amide bonds. The van der Waals surface area contributed by atoms with E-state index in [1.165, 1.54) is 0 Å². The second-order valence-corrected chi connectivity index (χ2v) is 4.08. The Kier molecular flexibility index (Phi) is 2.72. The number of rotatable bonds is 2. The number of cyclic esters (lactones) is 1. The number of carbonyl (C=O) groups is 1. The molecular formula is C10H10BrNO2. The van der Waals surface area contributed by atoms with Gasteiger partial charge in [0, 0.05) is 16.6 Å². The lowest BCUT2D eigenvalue weighted by molar-refractivity contribution is -0.138. The predicted molar refractivity (Wildman–Crippen MR) is 57.1 cm³/mol. The second-order valence-electron chi connectivity index (χ2n) is 3.16. The van der Waals surface area contributed by atoms with E-state index >= 15 is 0 Å². The van der Waals surface area contributed by atoms with Crippen molar-refractivity contribution in [2.45, 2.75) is 12.5 Å². The summed E-state index contributed by atoms with van der Waals surface area (Å²) < 4.78 is 5.88. The van der Waals surface area contributed by atoms with Crippen LogP contribution in [0.5, 0.6) is 0 Å². The Bertz CT molecular complexity index is 336. The van der Waals surface area contributed by atoms with E-state index in [-0.39, 0.29) is 12.0 Å². The zero-order valence-electron chi connectivity index (χ0n) is 7.50. The van der Waals surface area contributed by atoms with Gasteiger partial charge in [-0.3, -0.25) is 0 Å². The molecule has 2 rings (SSSR count). The van der Waals surface area contributed by atoms with Crippen LogP contribution in [0, 0.1) is 0 Å². The van der Waals surface area contributed by atoms with E-state index in [4.69, 9.17) is 4.74 Å². The molecule has 1 N–H and O–H groups in total. The molecule has 0 spiro atoms. The third-order valence-electron chi connectivity index (χ3n) is 2.12. The molecule has 3 nitrogen and oxygen atoms in total. The van der Waals surface area contributed by atoms with Crippen molar-refractivity contribution in [1.29, 1.82) is 0 Å². The van der Waals surface area contributed by atoms with Crippen molar-refractivity contribution in [1.82, 2.24) is 0 Å². The summed E-state index contributed by atoms with van der Waals surface area (Å²) in [4.78, 5) is 11.2. The van der Waals surface area contributed by atoms with Gasteiger partial charge in [-0.15, -0.1) is 0 Å². The lowest BCUT2D eigenvalue weighted by Gasteiger charge is -2.09. The maximum absolute atomic E-state index is 11.2. The van der Waals surface area contributed by atoms with Gasteiger partial charge in [0.05, 0.1) is 6.61 Å². The second kappa shape index (κ2) is 4.00. The summed E-state index contributed by atoms with van der Waals surface area (Å²) in [5.74, 6) is -0.159. The molecule has 1 aliphatic rings. The monoisotopic (exact) mass is 255 g/mol. The van der Waals surface area contributed by atoms with Gasteiger partial charge >= 0.3 is 5.97 Å². The van der Waals surface area contributed by atoms with Crippen LogP contribution in [-0.2, 0) is 9.53 Å². The van der Waals surface area contributed by atoms with Gasteiger partial charge in [-0.05, 0) is 24.3 Å². The van der Waals surface area contributed by atoms with Crippen molar-refractivity contribution in [2.24, 2.45) is 0 Å². The summed E-state index contributed by atoms with van der Waals surface area (Å²) in [7, 11) is 0. The molecule has 1 aliphatic heterocycles. The van der Waals surface area contributed by atoms with E-state index in [0.717, 1.165) is 16.6 Å². The van der Waals surface area contributed by atoms with Gasteiger partial charge in [0.15, 0.2) is 0 Å². The summed E-state index contributed by atoms with van der Waals surface area (Å²) in [5, 5.41) is 3.12. The fourth-order valence-electron chi connectivity index (χ4n) is 1.37. The van der Waals surface area contributed by atoms with E-state index in [1.54, 1.807) is 0 Å². The van der Waals surface area contributed by atoms with Crippen LogP contribution >= 0.6 is 15.9 Å². The quantitative estimate of drug-likeness (QED) is 0.824. The van der Waals surface area contributed by atoms with Crippen molar-refractivity contribution < 1.29 is 9.53 Å². The Balaban J connectivity index is 2.03. The van der Waals surface area contributed by atoms with Gasteiger partial charge in [0.2, 0.25) is 0 Å². The van der Waals surface area contributed by atoms with E-state index < -0.39 is 0 Å². The smallest absolute Gasteiger partial charge is 0.328 e. The zero-order chi connectivity index (χ0) is 9.97. The third-order valence-corrected chi connectivity index (χ3v) is 2.65. The molecule has 1 aromatic rings. The Morgan fingerprint density at radius 3 is 2.64 bits per heavy atom. The maximum Gasteiger partial charge on any atom is 0.328 e. The van der Waals surface area contributed by atoms with Crippen LogP contribution in [0.25, 0.3) is 0 Å². The number of hydrogen-bond donors (Lipinski definition) is 1. The van der Waals surface area contributed by atoms with Gasteiger partial charge in [-0.1, -0.05) is 15.9 Å². The molecule has 4 heteroatoms. The number of ether oxygens (including phenoxy) is 1. The van der Waals surface area contributed by atoms with E-state index in [1.807, 2.05) is 24.3 Å². The normalized spacial score (nSPS) is 20.6. The first-order chi connectivity index (χ1) is 6.75. The van der Waals surface area contributed by atoms with Gasteiger partial charge in [-0.2, -0.15) is 0 Å². The van der Waals surface area contributed by atoms with Gasteiger partial charge in [0.1, 0.15) is 6.04 Å². The fourth-order valence-corrected chi connectivity index (χ4v) is 1.64. The summed E-state index contributed by atoms with van der Waals surface area (Å²) in [6.07, 6.45) is 0.745. The summed E-state index contributed by atoms with van der Waals surface area (Å²) in [6, 6.07) is 7.53. The first kappa shape index (κ1) is 9.52. The Morgan fingerprint density at radius 1 is 1.36 bits per heavy atom. The van der Waals surface area contributed by atoms with E-state index in [0.29, 0.717) is 6.61 Å². The van der Waals surface area contributed by atoms with Gasteiger partial charge < -0.3 is 10.1 Å². The molecular weight excluding hydrogens is 246 g/mol. The molecule has 0 saturated carbocycles. The Morgan fingerprint density at radius 2 is 2.07 bits per heavy atom. The molecule has 0 radical (unpaired) electrons. The van der Waals surface area contributed by atoms with E-state index in [2.05, 4.69) is 21.2 Å². The first-order valence-corrected chi connectivity index (χ1v) is 5.24. The third kappa shape index (κ3) is 2.07. The van der Waals surface area contributed by atoms with Crippen LogP contribution in [0.15, 0.2) is 28.7 Å². The van der Waals surface area contributed by atoms with Gasteiger partial charge in [-0.25, -0.2) is 4.79 Å².